The monoisotopic (exact) mass is 651 g/mol. The van der Waals surface area contributed by atoms with Crippen molar-refractivity contribution in [1.29, 1.82) is 0 Å². The van der Waals surface area contributed by atoms with Crippen LogP contribution in [0.2, 0.25) is 10.0 Å². The molecule has 7 unspecified atom stereocenters. The number of ether oxygens (including phenoxy) is 2. The van der Waals surface area contributed by atoms with Crippen LogP contribution in [0, 0.1) is 23.7 Å². The standard InChI is InChI=1S/C33H43Cl2NO8/c1-5-14-42-31(40)16-22(38)15-21(37)10-11-23-20(4)29(39)17-24-28(36-43-18-25-26(34)8-7-9-27(25)35)12-13-30(32(23)24)44-33(41)19(3)6-2/h5,7-9,17,19-23,30,32,37-38H,1,6,10-16,18H2,2-4H3. The maximum Gasteiger partial charge on any atom is 0.308 e. The summed E-state index contributed by atoms with van der Waals surface area (Å²) in [5.74, 6) is -2.25. The van der Waals surface area contributed by atoms with E-state index in [-0.39, 0.29) is 62.0 Å². The van der Waals surface area contributed by atoms with Crippen molar-refractivity contribution in [3.05, 3.63) is 58.1 Å². The molecule has 1 saturated carbocycles. The Morgan fingerprint density at radius 1 is 1.20 bits per heavy atom. The highest BCUT2D eigenvalue weighted by Crippen LogP contribution is 2.45. The fourth-order valence-electron chi connectivity index (χ4n) is 5.73. The lowest BCUT2D eigenvalue weighted by Crippen LogP contribution is -2.46. The minimum absolute atomic E-state index is 0.0246. The van der Waals surface area contributed by atoms with Gasteiger partial charge >= 0.3 is 11.9 Å². The largest absolute Gasteiger partial charge is 0.461 e. The lowest BCUT2D eigenvalue weighted by Gasteiger charge is -2.43. The molecule has 2 aliphatic carbocycles. The maximum atomic E-state index is 13.2. The molecule has 0 aromatic heterocycles. The minimum Gasteiger partial charge on any atom is -0.461 e. The Bertz CT molecular complexity index is 1230. The molecular formula is C33H43Cl2NO8. The van der Waals surface area contributed by atoms with Crippen LogP contribution in [0.15, 0.2) is 47.7 Å². The van der Waals surface area contributed by atoms with Crippen LogP contribution < -0.4 is 0 Å². The molecule has 0 heterocycles. The van der Waals surface area contributed by atoms with Crippen molar-refractivity contribution in [3.63, 3.8) is 0 Å². The number of aliphatic hydroxyl groups is 2. The molecule has 0 saturated heterocycles. The highest BCUT2D eigenvalue weighted by atomic mass is 35.5. The zero-order valence-corrected chi connectivity index (χ0v) is 27.1. The number of ketones is 1. The Balaban J connectivity index is 1.79. The van der Waals surface area contributed by atoms with E-state index in [0.29, 0.717) is 52.6 Å². The number of benzene rings is 1. The van der Waals surface area contributed by atoms with Crippen LogP contribution >= 0.6 is 23.2 Å². The summed E-state index contributed by atoms with van der Waals surface area (Å²) in [6.45, 7) is 9.15. The Kier molecular flexibility index (Phi) is 13.9. The Hall–Kier alpha value is -2.72. The molecule has 1 aromatic carbocycles. The number of allylic oxidation sites excluding steroid dienone is 1. The van der Waals surface area contributed by atoms with Crippen molar-refractivity contribution < 1.29 is 38.9 Å². The molecule has 242 valence electrons. The first-order chi connectivity index (χ1) is 21.0. The first-order valence-corrected chi connectivity index (χ1v) is 15.9. The van der Waals surface area contributed by atoms with Crippen LogP contribution in [-0.2, 0) is 35.3 Å². The smallest absolute Gasteiger partial charge is 0.308 e. The summed E-state index contributed by atoms with van der Waals surface area (Å²) >= 11 is 12.6. The molecule has 0 aliphatic heterocycles. The van der Waals surface area contributed by atoms with E-state index in [4.69, 9.17) is 37.5 Å². The Labute approximate surface area is 269 Å². The second-order valence-electron chi connectivity index (χ2n) is 11.6. The van der Waals surface area contributed by atoms with Gasteiger partial charge in [0.15, 0.2) is 5.78 Å². The predicted molar refractivity (Wildman–Crippen MR) is 168 cm³/mol. The van der Waals surface area contributed by atoms with Crippen LogP contribution in [0.3, 0.4) is 0 Å². The van der Waals surface area contributed by atoms with Gasteiger partial charge in [0.05, 0.1) is 30.3 Å². The van der Waals surface area contributed by atoms with Crippen molar-refractivity contribution in [2.24, 2.45) is 28.8 Å². The van der Waals surface area contributed by atoms with Gasteiger partial charge in [-0.15, -0.1) is 0 Å². The second-order valence-corrected chi connectivity index (χ2v) is 12.4. The number of hydrogen-bond donors (Lipinski definition) is 2. The van der Waals surface area contributed by atoms with Gasteiger partial charge in [0.25, 0.3) is 0 Å². The molecule has 11 heteroatoms. The molecule has 1 fully saturated rings. The zero-order valence-electron chi connectivity index (χ0n) is 25.5. The molecule has 2 N–H and O–H groups in total. The number of oxime groups is 1. The Morgan fingerprint density at radius 3 is 2.57 bits per heavy atom. The first-order valence-electron chi connectivity index (χ1n) is 15.2. The van der Waals surface area contributed by atoms with Crippen LogP contribution in [0.1, 0.15) is 71.3 Å². The zero-order chi connectivity index (χ0) is 32.4. The summed E-state index contributed by atoms with van der Waals surface area (Å²) in [5.41, 5.74) is 1.85. The molecule has 0 radical (unpaired) electrons. The van der Waals surface area contributed by atoms with Gasteiger partial charge in [-0.2, -0.15) is 0 Å². The van der Waals surface area contributed by atoms with E-state index in [0.717, 1.165) is 0 Å². The highest BCUT2D eigenvalue weighted by molar-refractivity contribution is 6.35. The first kappa shape index (κ1) is 35.8. The quantitative estimate of drug-likeness (QED) is 0.134. The summed E-state index contributed by atoms with van der Waals surface area (Å²) in [6.07, 6.45) is 2.51. The van der Waals surface area contributed by atoms with E-state index in [1.165, 1.54) is 6.08 Å². The number of rotatable bonds is 15. The minimum atomic E-state index is -1.08. The van der Waals surface area contributed by atoms with Crippen molar-refractivity contribution in [1.82, 2.24) is 0 Å². The summed E-state index contributed by atoms with van der Waals surface area (Å²) in [6, 6.07) is 5.16. The van der Waals surface area contributed by atoms with Gasteiger partial charge in [0.1, 0.15) is 19.3 Å². The SMILES string of the molecule is C=CCOC(=O)CC(O)CC(O)CCC1C(C)C(=O)C=C2C(=NOCc3c(Cl)cccc3Cl)CCC(OC(=O)C(C)CC)C21. The van der Waals surface area contributed by atoms with Crippen LogP contribution in [0.25, 0.3) is 0 Å². The van der Waals surface area contributed by atoms with Gasteiger partial charge in [0, 0.05) is 27.4 Å². The number of carbonyl (C=O) groups is 3. The molecule has 7 atom stereocenters. The molecule has 0 amide bonds. The molecule has 9 nitrogen and oxygen atoms in total. The third kappa shape index (κ3) is 9.64. The number of hydrogen-bond acceptors (Lipinski definition) is 9. The molecule has 0 bridgehead atoms. The number of carbonyl (C=O) groups excluding carboxylic acids is 3. The van der Waals surface area contributed by atoms with E-state index < -0.39 is 30.2 Å². The fourth-order valence-corrected chi connectivity index (χ4v) is 6.24. The number of fused-ring (bicyclic) bond motifs is 1. The number of aliphatic hydroxyl groups excluding tert-OH is 2. The van der Waals surface area contributed by atoms with Gasteiger partial charge in [-0.3, -0.25) is 14.4 Å². The van der Waals surface area contributed by atoms with E-state index in [2.05, 4.69) is 11.7 Å². The van der Waals surface area contributed by atoms with Gasteiger partial charge in [-0.05, 0) is 68.2 Å². The van der Waals surface area contributed by atoms with E-state index >= 15 is 0 Å². The summed E-state index contributed by atoms with van der Waals surface area (Å²) in [4.78, 5) is 43.6. The number of esters is 2. The fraction of sp³-hybridized carbons (Fsp3) is 0.576. The molecule has 44 heavy (non-hydrogen) atoms. The molecule has 1 aromatic rings. The third-order valence-corrected chi connectivity index (χ3v) is 9.19. The topological polar surface area (TPSA) is 132 Å². The normalized spacial score (nSPS) is 24.5. The lowest BCUT2D eigenvalue weighted by molar-refractivity contribution is -0.158. The highest BCUT2D eigenvalue weighted by Gasteiger charge is 2.46. The van der Waals surface area contributed by atoms with Crippen molar-refractivity contribution in [2.45, 2.75) is 90.6 Å². The lowest BCUT2D eigenvalue weighted by atomic mass is 9.63. The summed E-state index contributed by atoms with van der Waals surface area (Å²) < 4.78 is 11.0. The van der Waals surface area contributed by atoms with Gasteiger partial charge in [0.2, 0.25) is 0 Å². The summed E-state index contributed by atoms with van der Waals surface area (Å²) in [7, 11) is 0. The van der Waals surface area contributed by atoms with Crippen LogP contribution in [0.5, 0.6) is 0 Å². The molecule has 0 spiro atoms. The predicted octanol–water partition coefficient (Wildman–Crippen LogP) is 6.01. The molecular weight excluding hydrogens is 609 g/mol. The average molecular weight is 653 g/mol. The van der Waals surface area contributed by atoms with Crippen LogP contribution in [-0.4, -0.2) is 58.6 Å². The summed E-state index contributed by atoms with van der Waals surface area (Å²) in [5, 5.41) is 26.4. The van der Waals surface area contributed by atoms with Crippen molar-refractivity contribution in [2.75, 3.05) is 6.61 Å². The second kappa shape index (κ2) is 17.1. The maximum absolute atomic E-state index is 13.2. The number of nitrogens with zero attached hydrogens (tertiary/aromatic N) is 1. The van der Waals surface area contributed by atoms with E-state index in [1.54, 1.807) is 24.3 Å². The Morgan fingerprint density at radius 2 is 1.91 bits per heavy atom. The van der Waals surface area contributed by atoms with Crippen molar-refractivity contribution in [3.8, 4) is 0 Å². The molecule has 3 rings (SSSR count). The van der Waals surface area contributed by atoms with Crippen molar-refractivity contribution >= 4 is 46.6 Å². The van der Waals surface area contributed by atoms with E-state index in [9.17, 15) is 24.6 Å². The van der Waals surface area contributed by atoms with Gasteiger partial charge in [-0.1, -0.05) is 67.9 Å². The van der Waals surface area contributed by atoms with E-state index in [1.807, 2.05) is 20.8 Å². The van der Waals surface area contributed by atoms with Crippen LogP contribution in [0.4, 0.5) is 0 Å². The third-order valence-electron chi connectivity index (χ3n) is 8.48. The molecule has 2 aliphatic rings. The number of halogens is 2. The van der Waals surface area contributed by atoms with Gasteiger partial charge < -0.3 is 24.5 Å². The van der Waals surface area contributed by atoms with Gasteiger partial charge in [-0.25, -0.2) is 0 Å². The average Bonchev–Trinajstić information content (AvgIpc) is 2.98.